The molecule has 1 heterocycles. The third kappa shape index (κ3) is 2.47. The van der Waals surface area contributed by atoms with Crippen molar-refractivity contribution in [2.75, 3.05) is 0 Å². The lowest BCUT2D eigenvalue weighted by atomic mass is 10.2. The summed E-state index contributed by atoms with van der Waals surface area (Å²) in [6.45, 7) is 4.25. The molecule has 0 aliphatic carbocycles. The highest BCUT2D eigenvalue weighted by Crippen LogP contribution is 2.09. The van der Waals surface area contributed by atoms with E-state index in [2.05, 4.69) is 46.4 Å². The maximum Gasteiger partial charge on any atom is 0.122 e. The molecule has 0 bridgehead atoms. The van der Waals surface area contributed by atoms with Crippen LogP contribution in [0.5, 0.6) is 0 Å². The average molecular weight is 264 g/mol. The Balaban J connectivity index is 2.58. The van der Waals surface area contributed by atoms with E-state index in [9.17, 15) is 0 Å². The summed E-state index contributed by atoms with van der Waals surface area (Å²) in [5.41, 5.74) is 1.19. The van der Waals surface area contributed by atoms with Crippen molar-refractivity contribution in [1.82, 2.24) is 9.97 Å². The van der Waals surface area contributed by atoms with Crippen LogP contribution in [0.3, 0.4) is 0 Å². The van der Waals surface area contributed by atoms with E-state index in [-0.39, 0.29) is 0 Å². The number of nitrogens with one attached hydrogen (secondary N) is 1. The molecule has 3 heteroatoms. The Morgan fingerprint density at radius 2 is 2.27 bits per heavy atom. The summed E-state index contributed by atoms with van der Waals surface area (Å²) in [5.74, 6) is 1.13. The molecule has 0 fully saturated rings. The van der Waals surface area contributed by atoms with Gasteiger partial charge in [0.15, 0.2) is 0 Å². The first-order valence-corrected chi connectivity index (χ1v) is 5.03. The van der Waals surface area contributed by atoms with E-state index < -0.39 is 0 Å². The van der Waals surface area contributed by atoms with Crippen LogP contribution in [0.25, 0.3) is 0 Å². The van der Waals surface area contributed by atoms with Crippen LogP contribution < -0.4 is 0 Å². The molecule has 0 saturated carbocycles. The van der Waals surface area contributed by atoms with Gasteiger partial charge in [0.05, 0.1) is 0 Å². The summed E-state index contributed by atoms with van der Waals surface area (Å²) in [4.78, 5) is 7.64. The van der Waals surface area contributed by atoms with E-state index in [1.165, 1.54) is 18.5 Å². The van der Waals surface area contributed by atoms with E-state index in [0.29, 0.717) is 0 Å². The molecule has 1 rings (SSSR count). The summed E-state index contributed by atoms with van der Waals surface area (Å²) in [7, 11) is 0. The van der Waals surface area contributed by atoms with Crippen LogP contribution in [0.2, 0.25) is 0 Å². The Labute approximate surface area is 80.9 Å². The van der Waals surface area contributed by atoms with Gasteiger partial charge in [0.1, 0.15) is 9.53 Å². The SMILES string of the molecule is CCCCc1nc(I)c(C)[nH]1. The van der Waals surface area contributed by atoms with Gasteiger partial charge in [-0.3, -0.25) is 0 Å². The maximum atomic E-state index is 4.38. The topological polar surface area (TPSA) is 28.7 Å². The predicted octanol–water partition coefficient (Wildman–Crippen LogP) is 2.67. The predicted molar refractivity (Wildman–Crippen MR) is 54.7 cm³/mol. The Morgan fingerprint density at radius 3 is 2.73 bits per heavy atom. The highest BCUT2D eigenvalue weighted by Gasteiger charge is 2.01. The lowest BCUT2D eigenvalue weighted by molar-refractivity contribution is 0.760. The Morgan fingerprint density at radius 1 is 1.55 bits per heavy atom. The number of hydrogen-bond donors (Lipinski definition) is 1. The lowest BCUT2D eigenvalue weighted by Gasteiger charge is -1.91. The average Bonchev–Trinajstić information content (AvgIpc) is 2.28. The second-order valence-corrected chi connectivity index (χ2v) is 3.72. The number of hydrogen-bond acceptors (Lipinski definition) is 1. The molecule has 0 amide bonds. The Bertz CT molecular complexity index is 210. The summed E-state index contributed by atoms with van der Waals surface area (Å²) in [6, 6.07) is 0. The van der Waals surface area contributed by atoms with E-state index in [1.807, 2.05) is 0 Å². The number of aryl methyl sites for hydroxylation is 2. The molecule has 0 aromatic carbocycles. The van der Waals surface area contributed by atoms with Gasteiger partial charge in [-0.2, -0.15) is 0 Å². The highest BCUT2D eigenvalue weighted by atomic mass is 127. The number of halogens is 1. The van der Waals surface area contributed by atoms with Crippen molar-refractivity contribution in [3.05, 3.63) is 15.2 Å². The summed E-state index contributed by atoms with van der Waals surface area (Å²) in [6.07, 6.45) is 3.54. The fourth-order valence-electron chi connectivity index (χ4n) is 0.961. The molecular weight excluding hydrogens is 251 g/mol. The quantitative estimate of drug-likeness (QED) is 0.835. The second-order valence-electron chi connectivity index (χ2n) is 2.70. The summed E-state index contributed by atoms with van der Waals surface area (Å²) in [5, 5.41) is 0. The molecule has 0 radical (unpaired) electrons. The minimum absolute atomic E-state index is 1.08. The van der Waals surface area contributed by atoms with Crippen LogP contribution in [-0.4, -0.2) is 9.97 Å². The lowest BCUT2D eigenvalue weighted by Crippen LogP contribution is -1.86. The van der Waals surface area contributed by atoms with Gasteiger partial charge < -0.3 is 4.98 Å². The fraction of sp³-hybridized carbons (Fsp3) is 0.625. The zero-order chi connectivity index (χ0) is 8.27. The maximum absolute atomic E-state index is 4.38. The van der Waals surface area contributed by atoms with Crippen LogP contribution in [-0.2, 0) is 6.42 Å². The van der Waals surface area contributed by atoms with Gasteiger partial charge in [-0.1, -0.05) is 13.3 Å². The van der Waals surface area contributed by atoms with E-state index >= 15 is 0 Å². The van der Waals surface area contributed by atoms with Crippen molar-refractivity contribution in [2.24, 2.45) is 0 Å². The number of aromatic amines is 1. The standard InChI is InChI=1S/C8H13IN2/c1-3-4-5-7-10-6(2)8(9)11-7/h3-5H2,1-2H3,(H,10,11). The van der Waals surface area contributed by atoms with Crippen LogP contribution in [0.15, 0.2) is 0 Å². The minimum atomic E-state index is 1.08. The first kappa shape index (κ1) is 9.03. The zero-order valence-corrected chi connectivity index (χ0v) is 9.10. The van der Waals surface area contributed by atoms with Crippen LogP contribution in [0.4, 0.5) is 0 Å². The number of aromatic nitrogens is 2. The second kappa shape index (κ2) is 4.09. The Kier molecular flexibility index (Phi) is 3.36. The van der Waals surface area contributed by atoms with Gasteiger partial charge in [-0.05, 0) is 35.9 Å². The molecule has 0 unspecified atom stereocenters. The number of imidazole rings is 1. The van der Waals surface area contributed by atoms with E-state index in [4.69, 9.17) is 0 Å². The molecule has 0 saturated heterocycles. The van der Waals surface area contributed by atoms with E-state index in [1.54, 1.807) is 0 Å². The molecule has 11 heavy (non-hydrogen) atoms. The number of H-pyrrole nitrogens is 1. The van der Waals surface area contributed by atoms with Crippen molar-refractivity contribution in [3.8, 4) is 0 Å². The van der Waals surface area contributed by atoms with Gasteiger partial charge in [-0.15, -0.1) is 0 Å². The minimum Gasteiger partial charge on any atom is -0.345 e. The molecule has 1 aromatic heterocycles. The zero-order valence-electron chi connectivity index (χ0n) is 6.95. The van der Waals surface area contributed by atoms with Gasteiger partial charge in [0.2, 0.25) is 0 Å². The summed E-state index contributed by atoms with van der Waals surface area (Å²) < 4.78 is 1.11. The van der Waals surface area contributed by atoms with Crippen molar-refractivity contribution in [1.29, 1.82) is 0 Å². The first-order chi connectivity index (χ1) is 5.24. The third-order valence-corrected chi connectivity index (χ3v) is 2.69. The smallest absolute Gasteiger partial charge is 0.122 e. The van der Waals surface area contributed by atoms with E-state index in [0.717, 1.165) is 15.9 Å². The molecule has 0 aliphatic rings. The van der Waals surface area contributed by atoms with Crippen LogP contribution >= 0.6 is 22.6 Å². The first-order valence-electron chi connectivity index (χ1n) is 3.95. The normalized spacial score (nSPS) is 10.5. The Hall–Kier alpha value is -0.0600. The van der Waals surface area contributed by atoms with Crippen molar-refractivity contribution in [2.45, 2.75) is 33.1 Å². The third-order valence-electron chi connectivity index (χ3n) is 1.64. The molecule has 0 spiro atoms. The number of rotatable bonds is 3. The molecule has 1 aromatic rings. The monoisotopic (exact) mass is 264 g/mol. The molecule has 1 N–H and O–H groups in total. The molecule has 62 valence electrons. The van der Waals surface area contributed by atoms with Gasteiger partial charge in [-0.25, -0.2) is 4.98 Å². The van der Waals surface area contributed by atoms with Crippen molar-refractivity contribution >= 4 is 22.6 Å². The van der Waals surface area contributed by atoms with Crippen LogP contribution in [0, 0.1) is 10.6 Å². The van der Waals surface area contributed by atoms with Gasteiger partial charge in [0, 0.05) is 12.1 Å². The molecular formula is C8H13IN2. The number of nitrogens with zero attached hydrogens (tertiary/aromatic N) is 1. The van der Waals surface area contributed by atoms with Gasteiger partial charge >= 0.3 is 0 Å². The van der Waals surface area contributed by atoms with Crippen molar-refractivity contribution in [3.63, 3.8) is 0 Å². The fourth-order valence-corrected chi connectivity index (χ4v) is 1.39. The molecule has 0 aliphatic heterocycles. The highest BCUT2D eigenvalue weighted by molar-refractivity contribution is 14.1. The molecule has 2 nitrogen and oxygen atoms in total. The van der Waals surface area contributed by atoms with Gasteiger partial charge in [0.25, 0.3) is 0 Å². The molecule has 0 atom stereocenters. The summed E-state index contributed by atoms with van der Waals surface area (Å²) >= 11 is 2.25. The van der Waals surface area contributed by atoms with Crippen molar-refractivity contribution < 1.29 is 0 Å². The van der Waals surface area contributed by atoms with Crippen LogP contribution in [0.1, 0.15) is 31.3 Å². The number of unbranched alkanes of at least 4 members (excludes halogenated alkanes) is 1. The largest absolute Gasteiger partial charge is 0.345 e.